The van der Waals surface area contributed by atoms with Gasteiger partial charge in [0.2, 0.25) is 5.91 Å². The molecular weight excluding hydrogens is 386 g/mol. The Morgan fingerprint density at radius 2 is 1.90 bits per heavy atom. The second-order valence-electron chi connectivity index (χ2n) is 6.62. The van der Waals surface area contributed by atoms with E-state index in [9.17, 15) is 4.79 Å². The van der Waals surface area contributed by atoms with E-state index < -0.39 is 0 Å². The number of thioether (sulfide) groups is 1. The molecule has 0 fully saturated rings. The molecule has 0 saturated heterocycles. The molecule has 1 N–H and O–H groups in total. The van der Waals surface area contributed by atoms with Crippen molar-refractivity contribution >= 4 is 17.7 Å². The molecule has 0 unspecified atom stereocenters. The van der Waals surface area contributed by atoms with Crippen LogP contribution in [0.25, 0.3) is 17.1 Å². The van der Waals surface area contributed by atoms with Crippen molar-refractivity contribution in [1.29, 1.82) is 0 Å². The minimum atomic E-state index is -0.00862. The summed E-state index contributed by atoms with van der Waals surface area (Å²) < 4.78 is 7.21. The number of hydrogen-bond donors (Lipinski definition) is 1. The molecule has 0 saturated carbocycles. The van der Waals surface area contributed by atoms with Crippen molar-refractivity contribution in [2.75, 3.05) is 12.9 Å². The SMILES string of the molecule is CCC[C@H](C)NC(=O)CSc1nnc(-c2ccncc2)n1-c1ccc(OC)cc1. The van der Waals surface area contributed by atoms with E-state index in [-0.39, 0.29) is 17.7 Å². The van der Waals surface area contributed by atoms with Gasteiger partial charge in [-0.1, -0.05) is 25.1 Å². The Hall–Kier alpha value is -2.87. The highest BCUT2D eigenvalue weighted by atomic mass is 32.2. The third-order valence-corrected chi connectivity index (χ3v) is 5.29. The van der Waals surface area contributed by atoms with Crippen LogP contribution in [0.2, 0.25) is 0 Å². The number of pyridine rings is 1. The zero-order valence-corrected chi connectivity index (χ0v) is 17.6. The summed E-state index contributed by atoms with van der Waals surface area (Å²) in [6.45, 7) is 4.13. The fraction of sp³-hybridized carbons (Fsp3) is 0.333. The van der Waals surface area contributed by atoms with Gasteiger partial charge in [0.25, 0.3) is 0 Å². The van der Waals surface area contributed by atoms with Crippen LogP contribution in [0.4, 0.5) is 0 Å². The maximum Gasteiger partial charge on any atom is 0.230 e. The molecule has 3 rings (SSSR count). The van der Waals surface area contributed by atoms with Crippen LogP contribution in [0.1, 0.15) is 26.7 Å². The number of nitrogens with one attached hydrogen (secondary N) is 1. The van der Waals surface area contributed by atoms with Crippen LogP contribution in [-0.2, 0) is 4.79 Å². The summed E-state index contributed by atoms with van der Waals surface area (Å²) in [6, 6.07) is 11.6. The molecule has 152 valence electrons. The second kappa shape index (κ2) is 10.1. The maximum absolute atomic E-state index is 12.3. The van der Waals surface area contributed by atoms with Crippen LogP contribution in [0, 0.1) is 0 Å². The highest BCUT2D eigenvalue weighted by Gasteiger charge is 2.18. The van der Waals surface area contributed by atoms with Crippen molar-refractivity contribution in [3.63, 3.8) is 0 Å². The van der Waals surface area contributed by atoms with Crippen LogP contribution in [0.5, 0.6) is 5.75 Å². The molecule has 8 heteroatoms. The molecule has 1 amide bonds. The molecule has 2 heterocycles. The summed E-state index contributed by atoms with van der Waals surface area (Å²) in [6.07, 6.45) is 5.44. The summed E-state index contributed by atoms with van der Waals surface area (Å²) in [4.78, 5) is 16.4. The Kier molecular flexibility index (Phi) is 7.24. The molecule has 0 aliphatic heterocycles. The van der Waals surface area contributed by atoms with Gasteiger partial charge >= 0.3 is 0 Å². The number of aromatic nitrogens is 4. The van der Waals surface area contributed by atoms with Crippen LogP contribution in [-0.4, -0.2) is 44.6 Å². The fourth-order valence-electron chi connectivity index (χ4n) is 2.97. The van der Waals surface area contributed by atoms with Gasteiger partial charge in [-0.3, -0.25) is 14.3 Å². The van der Waals surface area contributed by atoms with Gasteiger partial charge in [-0.05, 0) is 49.7 Å². The molecule has 29 heavy (non-hydrogen) atoms. The van der Waals surface area contributed by atoms with Crippen molar-refractivity contribution in [3.8, 4) is 22.8 Å². The Morgan fingerprint density at radius 1 is 1.17 bits per heavy atom. The Morgan fingerprint density at radius 3 is 2.55 bits per heavy atom. The number of hydrogen-bond acceptors (Lipinski definition) is 6. The van der Waals surface area contributed by atoms with Gasteiger partial charge in [0.1, 0.15) is 5.75 Å². The van der Waals surface area contributed by atoms with E-state index in [1.54, 1.807) is 19.5 Å². The van der Waals surface area contributed by atoms with E-state index in [1.807, 2.05) is 47.9 Å². The smallest absolute Gasteiger partial charge is 0.230 e. The van der Waals surface area contributed by atoms with Gasteiger partial charge in [0.15, 0.2) is 11.0 Å². The predicted molar refractivity (Wildman–Crippen MR) is 114 cm³/mol. The first kappa shape index (κ1) is 20.9. The van der Waals surface area contributed by atoms with E-state index >= 15 is 0 Å². The molecular formula is C21H25N5O2S. The molecule has 0 bridgehead atoms. The number of carbonyl (C=O) groups is 1. The molecule has 1 aromatic carbocycles. The van der Waals surface area contributed by atoms with Crippen molar-refractivity contribution in [1.82, 2.24) is 25.1 Å². The number of benzene rings is 1. The van der Waals surface area contributed by atoms with Gasteiger partial charge in [-0.15, -0.1) is 10.2 Å². The predicted octanol–water partition coefficient (Wildman–Crippen LogP) is 3.73. The highest BCUT2D eigenvalue weighted by Crippen LogP contribution is 2.28. The lowest BCUT2D eigenvalue weighted by molar-refractivity contribution is -0.119. The molecule has 0 aliphatic carbocycles. The average molecular weight is 412 g/mol. The van der Waals surface area contributed by atoms with Gasteiger partial charge in [-0.2, -0.15) is 0 Å². The third kappa shape index (κ3) is 5.35. The minimum absolute atomic E-state index is 0.00862. The molecule has 0 radical (unpaired) electrons. The largest absolute Gasteiger partial charge is 0.497 e. The Labute approximate surface area is 174 Å². The number of rotatable bonds is 9. The number of nitrogens with zero attached hydrogens (tertiary/aromatic N) is 4. The zero-order chi connectivity index (χ0) is 20.6. The van der Waals surface area contributed by atoms with E-state index in [0.29, 0.717) is 11.0 Å². The maximum atomic E-state index is 12.3. The molecule has 3 aromatic rings. The van der Waals surface area contributed by atoms with Crippen molar-refractivity contribution < 1.29 is 9.53 Å². The zero-order valence-electron chi connectivity index (χ0n) is 16.8. The second-order valence-corrected chi connectivity index (χ2v) is 7.56. The number of amides is 1. The van der Waals surface area contributed by atoms with Gasteiger partial charge in [-0.25, -0.2) is 0 Å². The molecule has 7 nitrogen and oxygen atoms in total. The number of methoxy groups -OCH3 is 1. The van der Waals surface area contributed by atoms with Crippen LogP contribution in [0.15, 0.2) is 53.9 Å². The first-order valence-corrected chi connectivity index (χ1v) is 10.5. The summed E-state index contributed by atoms with van der Waals surface area (Å²) >= 11 is 1.37. The van der Waals surface area contributed by atoms with Gasteiger partial charge in [0, 0.05) is 29.7 Å². The van der Waals surface area contributed by atoms with Crippen molar-refractivity contribution in [3.05, 3.63) is 48.8 Å². The first-order chi connectivity index (χ1) is 14.1. The van der Waals surface area contributed by atoms with E-state index in [2.05, 4.69) is 27.4 Å². The normalized spacial score (nSPS) is 11.8. The number of ether oxygens (including phenoxy) is 1. The summed E-state index contributed by atoms with van der Waals surface area (Å²) in [5, 5.41) is 12.4. The lowest BCUT2D eigenvalue weighted by Crippen LogP contribution is -2.33. The monoisotopic (exact) mass is 411 g/mol. The van der Waals surface area contributed by atoms with E-state index in [1.165, 1.54) is 11.8 Å². The highest BCUT2D eigenvalue weighted by molar-refractivity contribution is 7.99. The third-order valence-electron chi connectivity index (χ3n) is 4.36. The lowest BCUT2D eigenvalue weighted by atomic mass is 10.2. The topological polar surface area (TPSA) is 81.9 Å². The van der Waals surface area contributed by atoms with Crippen molar-refractivity contribution in [2.45, 2.75) is 37.9 Å². The molecule has 2 aromatic heterocycles. The standard InChI is InChI=1S/C21H25N5O2S/c1-4-5-15(2)23-19(27)14-29-21-25-24-20(16-10-12-22-13-11-16)26(21)17-6-8-18(28-3)9-7-17/h6-13,15H,4-5,14H2,1-3H3,(H,23,27)/t15-/m0/s1. The van der Waals surface area contributed by atoms with Crippen molar-refractivity contribution in [2.24, 2.45) is 0 Å². The van der Waals surface area contributed by atoms with E-state index in [0.717, 1.165) is 29.8 Å². The lowest BCUT2D eigenvalue weighted by Gasteiger charge is -2.13. The van der Waals surface area contributed by atoms with Crippen LogP contribution < -0.4 is 10.1 Å². The van der Waals surface area contributed by atoms with Gasteiger partial charge in [0.05, 0.1) is 12.9 Å². The van der Waals surface area contributed by atoms with E-state index in [4.69, 9.17) is 4.74 Å². The van der Waals surface area contributed by atoms with Crippen LogP contribution in [0.3, 0.4) is 0 Å². The summed E-state index contributed by atoms with van der Waals surface area (Å²) in [5.41, 5.74) is 1.79. The number of carbonyl (C=O) groups excluding carboxylic acids is 1. The first-order valence-electron chi connectivity index (χ1n) is 9.54. The minimum Gasteiger partial charge on any atom is -0.497 e. The quantitative estimate of drug-likeness (QED) is 0.540. The Balaban J connectivity index is 1.87. The average Bonchev–Trinajstić information content (AvgIpc) is 3.17. The summed E-state index contributed by atoms with van der Waals surface area (Å²) in [5.74, 6) is 1.73. The van der Waals surface area contributed by atoms with Gasteiger partial charge < -0.3 is 10.1 Å². The summed E-state index contributed by atoms with van der Waals surface area (Å²) in [7, 11) is 1.63. The fourth-order valence-corrected chi connectivity index (χ4v) is 3.73. The molecule has 0 spiro atoms. The molecule has 1 atom stereocenters. The Bertz CT molecular complexity index is 928. The molecule has 0 aliphatic rings. The van der Waals surface area contributed by atoms with Crippen LogP contribution >= 0.6 is 11.8 Å².